The molecule has 0 saturated carbocycles. The Morgan fingerprint density at radius 2 is 2.03 bits per heavy atom. The highest BCUT2D eigenvalue weighted by molar-refractivity contribution is 6.31. The molecule has 1 saturated heterocycles. The van der Waals surface area contributed by atoms with Crippen molar-refractivity contribution in [3.8, 4) is 0 Å². The molecule has 0 radical (unpaired) electrons. The highest BCUT2D eigenvalue weighted by Crippen LogP contribution is 2.59. The van der Waals surface area contributed by atoms with Gasteiger partial charge in [-0.25, -0.2) is 9.18 Å². The number of nitrogens with one attached hydrogen (secondary N) is 1. The van der Waals surface area contributed by atoms with Crippen LogP contribution in [0.1, 0.15) is 45.0 Å². The lowest BCUT2D eigenvalue weighted by Crippen LogP contribution is -2.50. The fourth-order valence-electron chi connectivity index (χ4n) is 6.31. The van der Waals surface area contributed by atoms with Crippen LogP contribution in [0.15, 0.2) is 53.5 Å². The van der Waals surface area contributed by atoms with Crippen LogP contribution in [0.2, 0.25) is 10.0 Å². The SMILES string of the molecule is COC(=O)c1ccc(C2=N[C@@H]3[C@H](C2)N(O)[C@@]2(C(=O)Nc4cc(Cl)ccc42)[C@H]3c2cccc(Cl)c2F)c(N)c1C. The van der Waals surface area contributed by atoms with E-state index in [0.29, 0.717) is 44.4 Å². The number of carbonyl (C=O) groups is 2. The number of carbonyl (C=O) groups excluding carboxylic acids is 2. The molecule has 0 aromatic heterocycles. The second-order valence-electron chi connectivity index (χ2n) is 9.90. The normalized spacial score (nSPS) is 25.4. The van der Waals surface area contributed by atoms with Gasteiger partial charge in [-0.15, -0.1) is 0 Å². The number of amides is 1. The third-order valence-electron chi connectivity index (χ3n) is 8.10. The van der Waals surface area contributed by atoms with Gasteiger partial charge in [-0.1, -0.05) is 47.5 Å². The minimum atomic E-state index is -1.67. The van der Waals surface area contributed by atoms with E-state index >= 15 is 4.39 Å². The molecule has 3 aromatic rings. The number of nitrogens with two attached hydrogens (primary N) is 1. The number of fused-ring (bicyclic) bond motifs is 3. The molecule has 4 atom stereocenters. The minimum absolute atomic E-state index is 0.106. The summed E-state index contributed by atoms with van der Waals surface area (Å²) in [4.78, 5) is 30.8. The second kappa shape index (κ2) is 9.02. The van der Waals surface area contributed by atoms with Crippen LogP contribution >= 0.6 is 23.2 Å². The van der Waals surface area contributed by atoms with Gasteiger partial charge in [0.2, 0.25) is 0 Å². The first-order valence-corrected chi connectivity index (χ1v) is 12.9. The van der Waals surface area contributed by atoms with Crippen molar-refractivity contribution in [2.45, 2.75) is 36.9 Å². The van der Waals surface area contributed by atoms with Gasteiger partial charge in [-0.2, -0.15) is 5.06 Å². The predicted molar refractivity (Wildman–Crippen MR) is 145 cm³/mol. The van der Waals surface area contributed by atoms with Gasteiger partial charge in [0, 0.05) is 45.6 Å². The Balaban J connectivity index is 1.54. The van der Waals surface area contributed by atoms with E-state index in [9.17, 15) is 14.8 Å². The van der Waals surface area contributed by atoms with E-state index in [2.05, 4.69) is 5.32 Å². The molecule has 6 rings (SSSR count). The molecule has 1 spiro atoms. The standard InChI is InChI=1S/C28H23Cl2FN4O4/c1-12-14(26(36)39-2)7-8-15(24(12)32)19-11-21-25(33-19)22(16-4-3-5-18(30)23(16)31)28(35(21)38)17-9-6-13(29)10-20(17)34-27(28)37/h3-10,21-22,25,38H,11,32H2,1-2H3,(H,34,37)/t21-,22-,25+,28+/m0/s1. The fraction of sp³-hybridized carbons (Fsp3) is 0.250. The van der Waals surface area contributed by atoms with Crippen molar-refractivity contribution >= 4 is 52.2 Å². The number of halogens is 3. The van der Waals surface area contributed by atoms with Crippen molar-refractivity contribution < 1.29 is 23.9 Å². The summed E-state index contributed by atoms with van der Waals surface area (Å²) in [6.45, 7) is 1.71. The van der Waals surface area contributed by atoms with Crippen LogP contribution < -0.4 is 11.1 Å². The number of nitrogen functional groups attached to an aromatic ring is 1. The molecular weight excluding hydrogens is 546 g/mol. The summed E-state index contributed by atoms with van der Waals surface area (Å²) in [5.41, 5.74) is 8.17. The van der Waals surface area contributed by atoms with Crippen LogP contribution in [0.3, 0.4) is 0 Å². The van der Waals surface area contributed by atoms with Gasteiger partial charge >= 0.3 is 5.97 Å². The van der Waals surface area contributed by atoms with Crippen LogP contribution in [-0.4, -0.2) is 47.1 Å². The van der Waals surface area contributed by atoms with Crippen molar-refractivity contribution in [2.75, 3.05) is 18.2 Å². The maximum atomic E-state index is 15.6. The molecule has 0 bridgehead atoms. The number of esters is 1. The van der Waals surface area contributed by atoms with Crippen LogP contribution in [-0.2, 0) is 15.1 Å². The lowest BCUT2D eigenvalue weighted by molar-refractivity contribution is -0.184. The lowest BCUT2D eigenvalue weighted by Gasteiger charge is -2.35. The van der Waals surface area contributed by atoms with E-state index in [4.69, 9.17) is 38.7 Å². The molecule has 39 heavy (non-hydrogen) atoms. The third-order valence-corrected chi connectivity index (χ3v) is 8.63. The fourth-order valence-corrected chi connectivity index (χ4v) is 6.66. The van der Waals surface area contributed by atoms with E-state index < -0.39 is 41.2 Å². The molecule has 0 aliphatic carbocycles. The van der Waals surface area contributed by atoms with Crippen LogP contribution in [0.25, 0.3) is 0 Å². The van der Waals surface area contributed by atoms with Gasteiger partial charge < -0.3 is 21.0 Å². The Bertz CT molecular complexity index is 1610. The number of nitrogens with zero attached hydrogens (tertiary/aromatic N) is 2. The first-order valence-electron chi connectivity index (χ1n) is 12.2. The zero-order chi connectivity index (χ0) is 27.8. The Labute approximate surface area is 233 Å². The number of hydroxylamine groups is 2. The molecule has 3 aliphatic heterocycles. The summed E-state index contributed by atoms with van der Waals surface area (Å²) in [6.07, 6.45) is 0.221. The molecular formula is C28H23Cl2FN4O4. The lowest BCUT2D eigenvalue weighted by atomic mass is 9.74. The molecule has 1 fully saturated rings. The van der Waals surface area contributed by atoms with E-state index in [1.807, 2.05) is 0 Å². The minimum Gasteiger partial charge on any atom is -0.465 e. The summed E-state index contributed by atoms with van der Waals surface area (Å²) in [6, 6.07) is 11.3. The number of benzene rings is 3. The number of methoxy groups -OCH3 is 1. The number of rotatable bonds is 3. The average Bonchev–Trinajstić information content (AvgIpc) is 3.53. The van der Waals surface area contributed by atoms with Crippen molar-refractivity contribution in [3.05, 3.63) is 92.2 Å². The van der Waals surface area contributed by atoms with Gasteiger partial charge in [0.05, 0.1) is 29.8 Å². The molecule has 11 heteroatoms. The Morgan fingerprint density at radius 3 is 2.77 bits per heavy atom. The summed E-state index contributed by atoms with van der Waals surface area (Å²) < 4.78 is 20.5. The topological polar surface area (TPSA) is 117 Å². The Kier molecular flexibility index (Phi) is 5.96. The first-order chi connectivity index (χ1) is 18.6. The van der Waals surface area contributed by atoms with E-state index in [-0.39, 0.29) is 17.0 Å². The number of ether oxygens (including phenoxy) is 1. The second-order valence-corrected chi connectivity index (χ2v) is 10.7. The van der Waals surface area contributed by atoms with Crippen molar-refractivity contribution in [1.29, 1.82) is 0 Å². The predicted octanol–water partition coefficient (Wildman–Crippen LogP) is 5.08. The van der Waals surface area contributed by atoms with Crippen LogP contribution in [0, 0.1) is 12.7 Å². The number of hydrogen-bond donors (Lipinski definition) is 3. The highest BCUT2D eigenvalue weighted by atomic mass is 35.5. The first kappa shape index (κ1) is 25.8. The number of hydrogen-bond acceptors (Lipinski definition) is 7. The van der Waals surface area contributed by atoms with Gasteiger partial charge in [-0.05, 0) is 42.3 Å². The average molecular weight is 569 g/mol. The molecule has 4 N–H and O–H groups in total. The maximum absolute atomic E-state index is 15.6. The molecule has 8 nitrogen and oxygen atoms in total. The van der Waals surface area contributed by atoms with Crippen LogP contribution in [0.4, 0.5) is 15.8 Å². The summed E-state index contributed by atoms with van der Waals surface area (Å²) in [7, 11) is 1.29. The number of aliphatic imine (C=N–C) groups is 1. The van der Waals surface area contributed by atoms with E-state index in [1.165, 1.54) is 13.2 Å². The van der Waals surface area contributed by atoms with E-state index in [0.717, 1.165) is 5.06 Å². The molecule has 3 aromatic carbocycles. The number of anilines is 2. The van der Waals surface area contributed by atoms with Gasteiger partial charge in [-0.3, -0.25) is 9.79 Å². The van der Waals surface area contributed by atoms with Crippen molar-refractivity contribution in [3.63, 3.8) is 0 Å². The quantitative estimate of drug-likeness (QED) is 0.300. The van der Waals surface area contributed by atoms with Crippen molar-refractivity contribution in [1.82, 2.24) is 5.06 Å². The molecule has 200 valence electrons. The zero-order valence-electron chi connectivity index (χ0n) is 20.8. The Hall–Kier alpha value is -3.50. The smallest absolute Gasteiger partial charge is 0.338 e. The van der Waals surface area contributed by atoms with Gasteiger partial charge in [0.15, 0.2) is 5.54 Å². The van der Waals surface area contributed by atoms with Crippen LogP contribution in [0.5, 0.6) is 0 Å². The molecule has 3 aliphatic rings. The van der Waals surface area contributed by atoms with E-state index in [1.54, 1.807) is 49.4 Å². The summed E-state index contributed by atoms with van der Waals surface area (Å²) in [5, 5.41) is 15.9. The molecule has 1 amide bonds. The summed E-state index contributed by atoms with van der Waals surface area (Å²) >= 11 is 12.4. The maximum Gasteiger partial charge on any atom is 0.338 e. The zero-order valence-corrected chi connectivity index (χ0v) is 22.3. The summed E-state index contributed by atoms with van der Waals surface area (Å²) in [5.74, 6) is -2.66. The monoisotopic (exact) mass is 568 g/mol. The molecule has 3 heterocycles. The largest absolute Gasteiger partial charge is 0.465 e. The highest BCUT2D eigenvalue weighted by Gasteiger charge is 2.69. The van der Waals surface area contributed by atoms with Gasteiger partial charge in [0.1, 0.15) is 5.82 Å². The Morgan fingerprint density at radius 1 is 1.26 bits per heavy atom. The van der Waals surface area contributed by atoms with Crippen molar-refractivity contribution in [2.24, 2.45) is 4.99 Å². The van der Waals surface area contributed by atoms with Gasteiger partial charge in [0.25, 0.3) is 5.91 Å². The third kappa shape index (κ3) is 3.47. The molecule has 0 unspecified atom stereocenters.